The Labute approximate surface area is 210 Å². The molecule has 4 heterocycles. The number of Topliss-reactive ketones (excluding diaryl/α,β-unsaturated/α-hetero) is 1. The maximum atomic E-state index is 13.5. The van der Waals surface area contributed by atoms with Gasteiger partial charge in [-0.25, -0.2) is 4.68 Å². The van der Waals surface area contributed by atoms with E-state index in [1.165, 1.54) is 9.20 Å². The first-order valence-electron chi connectivity index (χ1n) is 12.4. The molecule has 2 aliphatic heterocycles. The predicted octanol–water partition coefficient (Wildman–Crippen LogP) is 2.68. The third-order valence-electron chi connectivity index (χ3n) is 6.89. The fourth-order valence-electron chi connectivity index (χ4n) is 4.93. The SMILES string of the molecule is C=C(C)c1cc(C(=O)Cn2nc3c(C)cc(N4CCCC4)nn3c2=N)cc(N2CCOCC2)c1OC. The van der Waals surface area contributed by atoms with E-state index < -0.39 is 0 Å². The van der Waals surface area contributed by atoms with Gasteiger partial charge in [-0.05, 0) is 56.0 Å². The van der Waals surface area contributed by atoms with Crippen molar-refractivity contribution in [1.29, 1.82) is 5.41 Å². The Kier molecular flexibility index (Phi) is 6.53. The van der Waals surface area contributed by atoms with Crippen molar-refractivity contribution in [1.82, 2.24) is 19.4 Å². The van der Waals surface area contributed by atoms with Crippen LogP contribution in [0.5, 0.6) is 5.75 Å². The number of carbonyl (C=O) groups excluding carboxylic acids is 1. The molecule has 5 rings (SSSR count). The molecule has 190 valence electrons. The lowest BCUT2D eigenvalue weighted by molar-refractivity contribution is 0.0965. The average molecular weight is 492 g/mol. The first-order chi connectivity index (χ1) is 17.4. The molecule has 0 saturated carbocycles. The van der Waals surface area contributed by atoms with Crippen LogP contribution in [-0.4, -0.2) is 71.7 Å². The number of nitrogens with one attached hydrogen (secondary N) is 1. The molecular formula is C26H33N7O3. The number of ketones is 1. The lowest BCUT2D eigenvalue weighted by Gasteiger charge is -2.31. The lowest BCUT2D eigenvalue weighted by atomic mass is 9.99. The first-order valence-corrected chi connectivity index (χ1v) is 12.4. The second-order valence-corrected chi connectivity index (χ2v) is 9.48. The van der Waals surface area contributed by atoms with E-state index in [0.717, 1.165) is 54.1 Å². The maximum absolute atomic E-state index is 13.5. The van der Waals surface area contributed by atoms with Crippen LogP contribution in [0.15, 0.2) is 24.8 Å². The molecule has 10 nitrogen and oxygen atoms in total. The van der Waals surface area contributed by atoms with Crippen molar-refractivity contribution in [3.8, 4) is 5.75 Å². The highest BCUT2D eigenvalue weighted by Crippen LogP contribution is 2.37. The molecule has 2 saturated heterocycles. The van der Waals surface area contributed by atoms with Gasteiger partial charge in [-0.3, -0.25) is 10.2 Å². The van der Waals surface area contributed by atoms with Gasteiger partial charge in [0.15, 0.2) is 11.4 Å². The number of benzene rings is 1. The molecule has 0 atom stereocenters. The number of methoxy groups -OCH3 is 1. The van der Waals surface area contributed by atoms with Crippen LogP contribution in [0.1, 0.15) is 41.3 Å². The minimum Gasteiger partial charge on any atom is -0.494 e. The molecule has 0 spiro atoms. The molecule has 36 heavy (non-hydrogen) atoms. The summed E-state index contributed by atoms with van der Waals surface area (Å²) >= 11 is 0. The fraction of sp³-hybridized carbons (Fsp3) is 0.462. The van der Waals surface area contributed by atoms with Gasteiger partial charge >= 0.3 is 0 Å². The number of rotatable bonds is 7. The van der Waals surface area contributed by atoms with Gasteiger partial charge in [-0.1, -0.05) is 6.58 Å². The summed E-state index contributed by atoms with van der Waals surface area (Å²) in [5.41, 5.74) is 4.57. The smallest absolute Gasteiger partial charge is 0.242 e. The Morgan fingerprint density at radius 3 is 2.50 bits per heavy atom. The van der Waals surface area contributed by atoms with Crippen molar-refractivity contribution in [3.05, 3.63) is 47.1 Å². The second-order valence-electron chi connectivity index (χ2n) is 9.48. The number of allylic oxidation sites excluding steroid dienone is 1. The number of carbonyl (C=O) groups is 1. The number of morpholine rings is 1. The van der Waals surface area contributed by atoms with Crippen molar-refractivity contribution in [2.24, 2.45) is 0 Å². The molecule has 2 aliphatic rings. The van der Waals surface area contributed by atoms with Crippen molar-refractivity contribution in [2.75, 3.05) is 56.3 Å². The van der Waals surface area contributed by atoms with Crippen LogP contribution in [0.3, 0.4) is 0 Å². The summed E-state index contributed by atoms with van der Waals surface area (Å²) < 4.78 is 14.2. The number of nitrogens with zero attached hydrogens (tertiary/aromatic N) is 6. The standard InChI is InChI=1S/C26H33N7O3/c1-17(2)20-14-19(15-21(24(20)35-4)30-9-11-36-12-10-30)22(34)16-32-26(27)33-25(29-32)18(3)13-23(28-33)31-7-5-6-8-31/h13-15,27H,1,5-12,16H2,2-4H3. The summed E-state index contributed by atoms with van der Waals surface area (Å²) in [7, 11) is 1.64. The van der Waals surface area contributed by atoms with E-state index in [2.05, 4.69) is 26.6 Å². The van der Waals surface area contributed by atoms with Crippen LogP contribution in [0, 0.1) is 12.3 Å². The van der Waals surface area contributed by atoms with E-state index in [4.69, 9.17) is 14.9 Å². The Morgan fingerprint density at radius 1 is 1.11 bits per heavy atom. The first kappa shape index (κ1) is 24.1. The molecule has 10 heteroatoms. The van der Waals surface area contributed by atoms with Gasteiger partial charge < -0.3 is 19.3 Å². The summed E-state index contributed by atoms with van der Waals surface area (Å²) in [5.74, 6) is 1.41. The van der Waals surface area contributed by atoms with Crippen molar-refractivity contribution in [3.63, 3.8) is 0 Å². The quantitative estimate of drug-likeness (QED) is 0.507. The van der Waals surface area contributed by atoms with E-state index >= 15 is 0 Å². The highest BCUT2D eigenvalue weighted by molar-refractivity contribution is 5.99. The number of anilines is 2. The minimum atomic E-state index is -0.144. The molecule has 2 fully saturated rings. The van der Waals surface area contributed by atoms with Gasteiger partial charge in [0.2, 0.25) is 5.62 Å². The van der Waals surface area contributed by atoms with Crippen LogP contribution in [0.2, 0.25) is 0 Å². The van der Waals surface area contributed by atoms with E-state index in [-0.39, 0.29) is 17.9 Å². The second kappa shape index (κ2) is 9.77. The van der Waals surface area contributed by atoms with Gasteiger partial charge in [-0.15, -0.1) is 10.2 Å². The van der Waals surface area contributed by atoms with Gasteiger partial charge in [0, 0.05) is 37.3 Å². The number of hydrogen-bond donors (Lipinski definition) is 1. The van der Waals surface area contributed by atoms with Crippen LogP contribution in [0.4, 0.5) is 11.5 Å². The number of aromatic nitrogens is 4. The van der Waals surface area contributed by atoms with Crippen LogP contribution >= 0.6 is 0 Å². The molecule has 0 radical (unpaired) electrons. The summed E-state index contributed by atoms with van der Waals surface area (Å²) in [6, 6.07) is 5.70. The molecule has 3 aromatic rings. The maximum Gasteiger partial charge on any atom is 0.242 e. The van der Waals surface area contributed by atoms with Crippen molar-refractivity contribution < 1.29 is 14.3 Å². The normalized spacial score (nSPS) is 16.1. The van der Waals surface area contributed by atoms with Crippen molar-refractivity contribution >= 4 is 28.5 Å². The minimum absolute atomic E-state index is 0.0643. The number of hydrogen-bond acceptors (Lipinski definition) is 8. The van der Waals surface area contributed by atoms with E-state index in [1.807, 2.05) is 32.0 Å². The summed E-state index contributed by atoms with van der Waals surface area (Å²) in [6.45, 7) is 12.5. The highest BCUT2D eigenvalue weighted by Gasteiger charge is 2.23. The zero-order valence-corrected chi connectivity index (χ0v) is 21.2. The van der Waals surface area contributed by atoms with E-state index in [0.29, 0.717) is 43.3 Å². The topological polar surface area (TPSA) is 101 Å². The Bertz CT molecular complexity index is 1380. The van der Waals surface area contributed by atoms with E-state index in [1.54, 1.807) is 7.11 Å². The predicted molar refractivity (Wildman–Crippen MR) is 138 cm³/mol. The molecule has 0 unspecified atom stereocenters. The number of aryl methyl sites for hydroxylation is 1. The molecule has 0 aliphatic carbocycles. The Morgan fingerprint density at radius 2 is 1.83 bits per heavy atom. The zero-order valence-electron chi connectivity index (χ0n) is 21.2. The molecule has 1 aromatic carbocycles. The average Bonchev–Trinajstić information content (AvgIpc) is 3.53. The molecular weight excluding hydrogens is 458 g/mol. The largest absolute Gasteiger partial charge is 0.494 e. The van der Waals surface area contributed by atoms with Gasteiger partial charge in [0.1, 0.15) is 18.1 Å². The number of fused-ring (bicyclic) bond motifs is 1. The van der Waals surface area contributed by atoms with Crippen LogP contribution in [0.25, 0.3) is 11.2 Å². The zero-order chi connectivity index (χ0) is 25.4. The molecule has 0 bridgehead atoms. The summed E-state index contributed by atoms with van der Waals surface area (Å²) in [5, 5.41) is 17.9. The monoisotopic (exact) mass is 491 g/mol. The third kappa shape index (κ3) is 4.37. The Balaban J connectivity index is 1.50. The van der Waals surface area contributed by atoms with Crippen LogP contribution < -0.4 is 20.2 Å². The molecule has 2 aromatic heterocycles. The number of ether oxygens (including phenoxy) is 2. The lowest BCUT2D eigenvalue weighted by Crippen LogP contribution is -2.36. The summed E-state index contributed by atoms with van der Waals surface area (Å²) in [6.07, 6.45) is 2.29. The Hall–Kier alpha value is -3.66. The van der Waals surface area contributed by atoms with Gasteiger partial charge in [-0.2, -0.15) is 4.52 Å². The van der Waals surface area contributed by atoms with Crippen molar-refractivity contribution in [2.45, 2.75) is 33.2 Å². The molecule has 1 N–H and O–H groups in total. The highest BCUT2D eigenvalue weighted by atomic mass is 16.5. The van der Waals surface area contributed by atoms with Gasteiger partial charge in [0.25, 0.3) is 0 Å². The van der Waals surface area contributed by atoms with E-state index in [9.17, 15) is 4.79 Å². The fourth-order valence-corrected chi connectivity index (χ4v) is 4.93. The van der Waals surface area contributed by atoms with Crippen LogP contribution in [-0.2, 0) is 11.3 Å². The third-order valence-corrected chi connectivity index (χ3v) is 6.89. The molecule has 0 amide bonds. The van der Waals surface area contributed by atoms with Gasteiger partial charge in [0.05, 0.1) is 26.0 Å². The summed E-state index contributed by atoms with van der Waals surface area (Å²) in [4.78, 5) is 17.9.